The van der Waals surface area contributed by atoms with Crippen molar-refractivity contribution < 1.29 is 17.9 Å². The largest absolute Gasteiger partial charge is 0.396 e. The summed E-state index contributed by atoms with van der Waals surface area (Å²) in [4.78, 5) is -0.187. The van der Waals surface area contributed by atoms with E-state index in [-0.39, 0.29) is 16.8 Å². The van der Waals surface area contributed by atoms with E-state index in [0.29, 0.717) is 31.2 Å². The van der Waals surface area contributed by atoms with Gasteiger partial charge in [0.1, 0.15) is 10.7 Å². The molecule has 94 valence electrons. The highest BCUT2D eigenvalue weighted by molar-refractivity contribution is 7.92. The Labute approximate surface area is 100 Å². The quantitative estimate of drug-likeness (QED) is 0.874. The summed E-state index contributed by atoms with van der Waals surface area (Å²) in [6, 6.07) is 4.22. The lowest BCUT2D eigenvalue weighted by molar-refractivity contribution is 0.288. The van der Waals surface area contributed by atoms with E-state index in [9.17, 15) is 12.8 Å². The second kappa shape index (κ2) is 4.74. The van der Waals surface area contributed by atoms with Crippen LogP contribution in [0.1, 0.15) is 24.8 Å². The molecule has 0 aromatic heterocycles. The third-order valence-electron chi connectivity index (χ3n) is 2.89. The van der Waals surface area contributed by atoms with Gasteiger partial charge in [-0.1, -0.05) is 6.07 Å². The lowest BCUT2D eigenvalue weighted by Gasteiger charge is -2.06. The zero-order valence-electron chi connectivity index (χ0n) is 9.39. The van der Waals surface area contributed by atoms with Crippen LogP contribution in [0.15, 0.2) is 23.1 Å². The Bertz CT molecular complexity index is 506. The average Bonchev–Trinajstić information content (AvgIpc) is 3.10. The summed E-state index contributed by atoms with van der Waals surface area (Å²) in [5.41, 5.74) is 0.714. The number of hydrogen-bond acceptors (Lipinski definition) is 3. The highest BCUT2D eigenvalue weighted by atomic mass is 32.2. The molecule has 0 spiro atoms. The lowest BCUT2D eigenvalue weighted by Crippen LogP contribution is -2.09. The molecule has 1 aromatic rings. The number of aliphatic hydroxyl groups excluding tert-OH is 1. The van der Waals surface area contributed by atoms with Crippen molar-refractivity contribution in [3.8, 4) is 0 Å². The smallest absolute Gasteiger partial charge is 0.184 e. The third kappa shape index (κ3) is 2.66. The van der Waals surface area contributed by atoms with E-state index in [0.717, 1.165) is 0 Å². The Kier molecular flexibility index (Phi) is 3.49. The fourth-order valence-electron chi connectivity index (χ4n) is 1.77. The van der Waals surface area contributed by atoms with Crippen molar-refractivity contribution in [2.75, 3.05) is 6.61 Å². The van der Waals surface area contributed by atoms with E-state index in [4.69, 9.17) is 5.11 Å². The Morgan fingerprint density at radius 1 is 1.35 bits per heavy atom. The standard InChI is InChI=1S/C12H15FO3S/c13-11-8-9(2-1-7-14)3-6-12(11)17(15,16)10-4-5-10/h3,6,8,10,14H,1-2,4-5,7H2. The zero-order chi connectivity index (χ0) is 12.5. The van der Waals surface area contributed by atoms with Crippen LogP contribution >= 0.6 is 0 Å². The fourth-order valence-corrected chi connectivity index (χ4v) is 3.48. The van der Waals surface area contributed by atoms with E-state index < -0.39 is 15.7 Å². The molecule has 3 nitrogen and oxygen atoms in total. The highest BCUT2D eigenvalue weighted by Gasteiger charge is 2.38. The molecule has 1 aliphatic rings. The van der Waals surface area contributed by atoms with Crippen molar-refractivity contribution in [2.24, 2.45) is 0 Å². The summed E-state index contributed by atoms with van der Waals surface area (Å²) in [6.07, 6.45) is 2.37. The molecule has 1 aliphatic carbocycles. The maximum absolute atomic E-state index is 13.7. The van der Waals surface area contributed by atoms with Crippen molar-refractivity contribution in [1.82, 2.24) is 0 Å². The Balaban J connectivity index is 2.25. The molecule has 1 fully saturated rings. The molecule has 0 saturated heterocycles. The van der Waals surface area contributed by atoms with Gasteiger partial charge in [0, 0.05) is 6.61 Å². The fraction of sp³-hybridized carbons (Fsp3) is 0.500. The maximum atomic E-state index is 13.7. The van der Waals surface area contributed by atoms with E-state index >= 15 is 0 Å². The van der Waals surface area contributed by atoms with Crippen LogP contribution in [0.4, 0.5) is 4.39 Å². The van der Waals surface area contributed by atoms with Crippen LogP contribution in [0, 0.1) is 5.82 Å². The Hall–Kier alpha value is -0.940. The summed E-state index contributed by atoms with van der Waals surface area (Å²) in [6.45, 7) is 0.0454. The van der Waals surface area contributed by atoms with E-state index in [2.05, 4.69) is 0 Å². The zero-order valence-corrected chi connectivity index (χ0v) is 10.2. The topological polar surface area (TPSA) is 54.4 Å². The SMILES string of the molecule is O=S(=O)(c1ccc(CCCO)cc1F)C1CC1. The molecule has 0 radical (unpaired) electrons. The predicted molar refractivity (Wildman–Crippen MR) is 62.0 cm³/mol. The van der Waals surface area contributed by atoms with Gasteiger partial charge in [-0.2, -0.15) is 0 Å². The van der Waals surface area contributed by atoms with Crippen LogP contribution in [0.3, 0.4) is 0 Å². The first kappa shape index (κ1) is 12.5. The van der Waals surface area contributed by atoms with Gasteiger partial charge >= 0.3 is 0 Å². The number of rotatable bonds is 5. The monoisotopic (exact) mass is 258 g/mol. The molecule has 0 bridgehead atoms. The van der Waals surface area contributed by atoms with Crippen molar-refractivity contribution >= 4 is 9.84 Å². The highest BCUT2D eigenvalue weighted by Crippen LogP contribution is 2.34. The number of aliphatic hydroxyl groups is 1. The number of hydrogen-bond donors (Lipinski definition) is 1. The molecule has 0 heterocycles. The molecule has 1 saturated carbocycles. The van der Waals surface area contributed by atoms with E-state index in [1.54, 1.807) is 6.07 Å². The molecule has 17 heavy (non-hydrogen) atoms. The lowest BCUT2D eigenvalue weighted by atomic mass is 10.1. The van der Waals surface area contributed by atoms with Crippen LogP contribution in [0.2, 0.25) is 0 Å². The maximum Gasteiger partial charge on any atom is 0.184 e. The average molecular weight is 258 g/mol. The van der Waals surface area contributed by atoms with Crippen LogP contribution < -0.4 is 0 Å². The van der Waals surface area contributed by atoms with Gasteiger partial charge in [0.05, 0.1) is 5.25 Å². The number of halogens is 1. The van der Waals surface area contributed by atoms with Crippen LogP contribution in [-0.4, -0.2) is 25.4 Å². The van der Waals surface area contributed by atoms with E-state index in [1.807, 2.05) is 0 Å². The minimum atomic E-state index is -3.46. The number of benzene rings is 1. The molecule has 1 aromatic carbocycles. The number of aryl methyl sites for hydroxylation is 1. The van der Waals surface area contributed by atoms with Gasteiger partial charge in [0.25, 0.3) is 0 Å². The van der Waals surface area contributed by atoms with Gasteiger partial charge in [0.15, 0.2) is 9.84 Å². The molecular weight excluding hydrogens is 243 g/mol. The second-order valence-corrected chi connectivity index (χ2v) is 6.53. The summed E-state index contributed by atoms with van der Waals surface area (Å²) in [7, 11) is -3.46. The van der Waals surface area contributed by atoms with Crippen LogP contribution in [0.25, 0.3) is 0 Å². The normalized spacial score (nSPS) is 16.1. The van der Waals surface area contributed by atoms with Gasteiger partial charge in [-0.15, -0.1) is 0 Å². The minimum absolute atomic E-state index is 0.0454. The van der Waals surface area contributed by atoms with Gasteiger partial charge in [-0.05, 0) is 43.4 Å². The van der Waals surface area contributed by atoms with Crippen molar-refractivity contribution in [2.45, 2.75) is 35.8 Å². The molecule has 2 rings (SSSR count). The molecule has 0 amide bonds. The third-order valence-corrected chi connectivity index (χ3v) is 5.18. The Morgan fingerprint density at radius 2 is 2.06 bits per heavy atom. The van der Waals surface area contributed by atoms with Crippen LogP contribution in [-0.2, 0) is 16.3 Å². The van der Waals surface area contributed by atoms with Crippen molar-refractivity contribution in [3.05, 3.63) is 29.6 Å². The summed E-state index contributed by atoms with van der Waals surface area (Å²) >= 11 is 0. The first-order valence-electron chi connectivity index (χ1n) is 5.69. The summed E-state index contributed by atoms with van der Waals surface area (Å²) in [5.74, 6) is -0.674. The molecule has 1 N–H and O–H groups in total. The first-order valence-corrected chi connectivity index (χ1v) is 7.23. The Morgan fingerprint density at radius 3 is 2.59 bits per heavy atom. The molecule has 0 unspecified atom stereocenters. The molecular formula is C12H15FO3S. The molecule has 0 aliphatic heterocycles. The van der Waals surface area contributed by atoms with Crippen molar-refractivity contribution in [3.63, 3.8) is 0 Å². The van der Waals surface area contributed by atoms with Crippen LogP contribution in [0.5, 0.6) is 0 Å². The van der Waals surface area contributed by atoms with Gasteiger partial charge in [-0.3, -0.25) is 0 Å². The summed E-state index contributed by atoms with van der Waals surface area (Å²) < 4.78 is 37.4. The minimum Gasteiger partial charge on any atom is -0.396 e. The van der Waals surface area contributed by atoms with E-state index in [1.165, 1.54) is 12.1 Å². The van der Waals surface area contributed by atoms with Crippen molar-refractivity contribution in [1.29, 1.82) is 0 Å². The van der Waals surface area contributed by atoms with Gasteiger partial charge < -0.3 is 5.11 Å². The first-order chi connectivity index (χ1) is 8.05. The molecule has 0 atom stereocenters. The number of sulfone groups is 1. The molecule has 5 heteroatoms. The second-order valence-electron chi connectivity index (χ2n) is 4.34. The predicted octanol–water partition coefficient (Wildman–Crippen LogP) is 1.69. The summed E-state index contributed by atoms with van der Waals surface area (Å²) in [5, 5.41) is 8.28. The van der Waals surface area contributed by atoms with Gasteiger partial charge in [0.2, 0.25) is 0 Å². The van der Waals surface area contributed by atoms with Gasteiger partial charge in [-0.25, -0.2) is 12.8 Å².